The normalized spacial score (nSPS) is 12.2. The van der Waals surface area contributed by atoms with Crippen LogP contribution in [0.5, 0.6) is 5.75 Å². The first-order valence-electron chi connectivity index (χ1n) is 10.3. The van der Waals surface area contributed by atoms with Crippen LogP contribution in [0.15, 0.2) is 71.4 Å². The highest BCUT2D eigenvalue weighted by atomic mass is 32.1. The molecule has 5 nitrogen and oxygen atoms in total. The number of halogens is 1. The van der Waals surface area contributed by atoms with E-state index in [1.807, 2.05) is 18.2 Å². The van der Waals surface area contributed by atoms with Crippen molar-refractivity contribution in [2.75, 3.05) is 10.6 Å². The molecule has 7 heteroatoms. The van der Waals surface area contributed by atoms with Gasteiger partial charge in [-0.1, -0.05) is 24.3 Å². The van der Waals surface area contributed by atoms with E-state index in [9.17, 15) is 14.0 Å². The number of benzene rings is 3. The number of carbonyl (C=O) groups excluding carboxylic acids is 2. The van der Waals surface area contributed by atoms with Crippen molar-refractivity contribution >= 4 is 40.1 Å². The van der Waals surface area contributed by atoms with Crippen LogP contribution in [0, 0.1) is 12.7 Å². The van der Waals surface area contributed by atoms with Crippen LogP contribution in [0.4, 0.5) is 21.5 Å². The number of rotatable bonds is 4. The predicted molar refractivity (Wildman–Crippen MR) is 127 cm³/mol. The Labute approximate surface area is 193 Å². The monoisotopic (exact) mass is 458 g/mol. The number of hydrogen-bond donors (Lipinski definition) is 2. The van der Waals surface area contributed by atoms with Gasteiger partial charge in [-0.3, -0.25) is 9.59 Å². The van der Waals surface area contributed by atoms with Gasteiger partial charge in [0.25, 0.3) is 5.91 Å². The largest absolute Gasteiger partial charge is 0.488 e. The maximum absolute atomic E-state index is 14.5. The zero-order valence-corrected chi connectivity index (χ0v) is 18.5. The summed E-state index contributed by atoms with van der Waals surface area (Å²) >= 11 is 1.40. The average Bonchev–Trinajstić information content (AvgIpc) is 3.31. The van der Waals surface area contributed by atoms with Crippen molar-refractivity contribution in [3.8, 4) is 5.75 Å². The van der Waals surface area contributed by atoms with Crippen LogP contribution in [-0.4, -0.2) is 11.7 Å². The zero-order chi connectivity index (χ0) is 22.9. The fourth-order valence-electron chi connectivity index (χ4n) is 3.72. The van der Waals surface area contributed by atoms with E-state index in [0.29, 0.717) is 46.0 Å². The first-order valence-corrected chi connectivity index (χ1v) is 11.2. The van der Waals surface area contributed by atoms with E-state index in [1.165, 1.54) is 17.4 Å². The van der Waals surface area contributed by atoms with Gasteiger partial charge >= 0.3 is 0 Å². The Morgan fingerprint density at radius 2 is 1.88 bits per heavy atom. The lowest BCUT2D eigenvalue weighted by Crippen LogP contribution is -2.12. The van der Waals surface area contributed by atoms with Crippen molar-refractivity contribution < 1.29 is 18.7 Å². The second-order valence-electron chi connectivity index (χ2n) is 7.72. The molecule has 0 fully saturated rings. The minimum absolute atomic E-state index is 0.0796. The number of fused-ring (bicyclic) bond motifs is 2. The van der Waals surface area contributed by atoms with Crippen molar-refractivity contribution in [2.45, 2.75) is 13.5 Å². The van der Waals surface area contributed by atoms with Gasteiger partial charge in [0.1, 0.15) is 18.2 Å². The summed E-state index contributed by atoms with van der Waals surface area (Å²) in [5.41, 5.74) is 4.49. The van der Waals surface area contributed by atoms with Gasteiger partial charge in [-0.25, -0.2) is 4.39 Å². The standard InChI is InChI=1S/C26H19FN2O3S/c1-15-10-21(27)23(29-26(31)17-8-9-33-14-17)12-22(15)28-18-6-7-20-24(11-18)32-13-16-4-2-3-5-19(16)25(20)30/h2-12,14,28H,13H2,1H3,(H,29,31). The summed E-state index contributed by atoms with van der Waals surface area (Å²) in [5.74, 6) is -0.496. The number of hydrogen-bond acceptors (Lipinski definition) is 5. The van der Waals surface area contributed by atoms with E-state index in [1.54, 1.807) is 54.1 Å². The SMILES string of the molecule is Cc1cc(F)c(NC(=O)c2ccsc2)cc1Nc1ccc2c(c1)OCc1ccccc1C2=O. The molecule has 0 saturated heterocycles. The van der Waals surface area contributed by atoms with E-state index >= 15 is 0 Å². The molecule has 5 rings (SSSR count). The zero-order valence-electron chi connectivity index (χ0n) is 17.6. The number of ether oxygens (including phenoxy) is 1. The average molecular weight is 459 g/mol. The molecule has 3 aromatic carbocycles. The second-order valence-corrected chi connectivity index (χ2v) is 8.50. The summed E-state index contributed by atoms with van der Waals surface area (Å²) in [5, 5.41) is 9.36. The molecular formula is C26H19FN2O3S. The number of nitrogens with one attached hydrogen (secondary N) is 2. The van der Waals surface area contributed by atoms with Gasteiger partial charge < -0.3 is 15.4 Å². The molecule has 0 atom stereocenters. The van der Waals surface area contributed by atoms with Crippen LogP contribution in [0.1, 0.15) is 37.4 Å². The van der Waals surface area contributed by atoms with Crippen LogP contribution in [-0.2, 0) is 6.61 Å². The Morgan fingerprint density at radius 3 is 2.70 bits per heavy atom. The van der Waals surface area contributed by atoms with Gasteiger partial charge in [0, 0.05) is 33.9 Å². The van der Waals surface area contributed by atoms with Crippen LogP contribution < -0.4 is 15.4 Å². The fourth-order valence-corrected chi connectivity index (χ4v) is 4.36. The third-order valence-corrected chi connectivity index (χ3v) is 6.18. The predicted octanol–water partition coefficient (Wildman–Crippen LogP) is 6.31. The molecule has 0 spiro atoms. The third kappa shape index (κ3) is 4.10. The van der Waals surface area contributed by atoms with Crippen LogP contribution in [0.3, 0.4) is 0 Å². The highest BCUT2D eigenvalue weighted by Crippen LogP contribution is 2.33. The first kappa shape index (κ1) is 20.9. The van der Waals surface area contributed by atoms with E-state index in [-0.39, 0.29) is 17.4 Å². The van der Waals surface area contributed by atoms with E-state index < -0.39 is 5.82 Å². The van der Waals surface area contributed by atoms with Crippen LogP contribution in [0.25, 0.3) is 0 Å². The van der Waals surface area contributed by atoms with Crippen molar-refractivity contribution in [3.05, 3.63) is 105 Å². The number of anilines is 3. The number of ketones is 1. The number of amides is 1. The highest BCUT2D eigenvalue weighted by Gasteiger charge is 2.22. The molecule has 1 amide bonds. The third-order valence-electron chi connectivity index (χ3n) is 5.50. The van der Waals surface area contributed by atoms with Crippen LogP contribution in [0.2, 0.25) is 0 Å². The first-order chi connectivity index (χ1) is 16.0. The van der Waals surface area contributed by atoms with Gasteiger partial charge in [0.15, 0.2) is 5.78 Å². The molecule has 1 aliphatic rings. The summed E-state index contributed by atoms with van der Waals surface area (Å²) < 4.78 is 20.4. The Balaban J connectivity index is 1.42. The lowest BCUT2D eigenvalue weighted by Gasteiger charge is -2.15. The lowest BCUT2D eigenvalue weighted by molar-refractivity contribution is 0.102. The molecule has 0 saturated carbocycles. The maximum atomic E-state index is 14.5. The van der Waals surface area contributed by atoms with Gasteiger partial charge in [-0.15, -0.1) is 0 Å². The van der Waals surface area contributed by atoms with Crippen molar-refractivity contribution in [3.63, 3.8) is 0 Å². The number of thiophene rings is 1. The summed E-state index contributed by atoms with van der Waals surface area (Å²) in [6.07, 6.45) is 0. The minimum atomic E-state index is -0.518. The molecule has 1 aromatic heterocycles. The number of aryl methyl sites for hydroxylation is 1. The van der Waals surface area contributed by atoms with Crippen molar-refractivity contribution in [2.24, 2.45) is 0 Å². The number of carbonyl (C=O) groups is 2. The van der Waals surface area contributed by atoms with Gasteiger partial charge in [-0.2, -0.15) is 11.3 Å². The molecule has 2 heterocycles. The second kappa shape index (κ2) is 8.52. The molecule has 0 bridgehead atoms. The highest BCUT2D eigenvalue weighted by molar-refractivity contribution is 7.08. The van der Waals surface area contributed by atoms with Crippen molar-refractivity contribution in [1.29, 1.82) is 0 Å². The summed E-state index contributed by atoms with van der Waals surface area (Å²) in [6.45, 7) is 2.07. The van der Waals surface area contributed by atoms with E-state index in [4.69, 9.17) is 4.74 Å². The topological polar surface area (TPSA) is 67.4 Å². The molecule has 2 N–H and O–H groups in total. The Kier molecular flexibility index (Phi) is 5.40. The fraction of sp³-hybridized carbons (Fsp3) is 0.0769. The molecule has 1 aliphatic heterocycles. The molecule has 0 radical (unpaired) electrons. The summed E-state index contributed by atoms with van der Waals surface area (Å²) in [4.78, 5) is 25.3. The molecular weight excluding hydrogens is 439 g/mol. The summed E-state index contributed by atoms with van der Waals surface area (Å²) in [6, 6.07) is 17.3. The Hall–Kier alpha value is -3.97. The molecule has 164 valence electrons. The quantitative estimate of drug-likeness (QED) is 0.376. The molecule has 33 heavy (non-hydrogen) atoms. The van der Waals surface area contributed by atoms with Gasteiger partial charge in [0.05, 0.1) is 16.8 Å². The van der Waals surface area contributed by atoms with Crippen LogP contribution >= 0.6 is 11.3 Å². The molecule has 4 aromatic rings. The Morgan fingerprint density at radius 1 is 1.03 bits per heavy atom. The maximum Gasteiger partial charge on any atom is 0.256 e. The van der Waals surface area contributed by atoms with Crippen molar-refractivity contribution in [1.82, 2.24) is 0 Å². The smallest absolute Gasteiger partial charge is 0.256 e. The van der Waals surface area contributed by atoms with E-state index in [0.717, 1.165) is 5.56 Å². The van der Waals surface area contributed by atoms with Gasteiger partial charge in [-0.05, 0) is 48.2 Å². The molecule has 0 unspecified atom stereocenters. The summed E-state index contributed by atoms with van der Waals surface area (Å²) in [7, 11) is 0. The minimum Gasteiger partial charge on any atom is -0.488 e. The van der Waals surface area contributed by atoms with E-state index in [2.05, 4.69) is 10.6 Å². The van der Waals surface area contributed by atoms with Gasteiger partial charge in [0.2, 0.25) is 0 Å². The molecule has 0 aliphatic carbocycles. The Bertz CT molecular complexity index is 1380. The lowest BCUT2D eigenvalue weighted by atomic mass is 9.99.